The minimum Gasteiger partial charge on any atom is -0.357 e. The Morgan fingerprint density at radius 1 is 1.14 bits per heavy atom. The fourth-order valence-corrected chi connectivity index (χ4v) is 4.19. The predicted molar refractivity (Wildman–Crippen MR) is 129 cm³/mol. The molecule has 0 aliphatic carbocycles. The van der Waals surface area contributed by atoms with E-state index in [0.717, 1.165) is 11.1 Å². The van der Waals surface area contributed by atoms with E-state index in [1.54, 1.807) is 25.4 Å². The number of rotatable bonds is 6. The summed E-state index contributed by atoms with van der Waals surface area (Å²) in [5, 5.41) is 2.84. The largest absolute Gasteiger partial charge is 0.357 e. The van der Waals surface area contributed by atoms with Crippen molar-refractivity contribution in [2.45, 2.75) is 52.4 Å². The summed E-state index contributed by atoms with van der Waals surface area (Å²) < 4.78 is 22.0. The molecule has 0 radical (unpaired) electrons. The topological polar surface area (TPSA) is 108 Å². The van der Waals surface area contributed by atoms with Crippen molar-refractivity contribution in [1.82, 2.24) is 29.5 Å². The summed E-state index contributed by atoms with van der Waals surface area (Å²) in [6, 6.07) is 5.52. The van der Waals surface area contributed by atoms with Crippen molar-refractivity contribution in [2.24, 2.45) is 0 Å². The van der Waals surface area contributed by atoms with Crippen molar-refractivity contribution >= 4 is 22.8 Å². The molecule has 35 heavy (non-hydrogen) atoms. The molecule has 0 spiro atoms. The van der Waals surface area contributed by atoms with E-state index in [1.807, 2.05) is 30.5 Å². The number of anilines is 1. The van der Waals surface area contributed by atoms with Crippen LogP contribution in [-0.4, -0.2) is 47.7 Å². The lowest BCUT2D eigenvalue weighted by Gasteiger charge is -2.26. The van der Waals surface area contributed by atoms with Crippen molar-refractivity contribution in [3.05, 3.63) is 48.3 Å². The number of ether oxygens (including phenoxy) is 1. The highest BCUT2D eigenvalue weighted by molar-refractivity contribution is 6.05. The number of nitrogens with zero attached hydrogens (tertiary/aromatic N) is 6. The number of aryl methyl sites for hydroxylation is 2. The zero-order valence-corrected chi connectivity index (χ0v) is 20.3. The van der Waals surface area contributed by atoms with Crippen LogP contribution in [0, 0.1) is 6.92 Å². The predicted octanol–water partition coefficient (Wildman–Crippen LogP) is 4.21. The zero-order valence-electron chi connectivity index (χ0n) is 20.3. The van der Waals surface area contributed by atoms with Crippen LogP contribution in [0.25, 0.3) is 33.8 Å². The molecule has 0 bridgehead atoms. The summed E-state index contributed by atoms with van der Waals surface area (Å²) >= 11 is 0. The van der Waals surface area contributed by atoms with E-state index in [-0.39, 0.29) is 12.5 Å². The smallest absolute Gasteiger partial charge is 0.261 e. The highest BCUT2D eigenvalue weighted by atomic mass is 19.1. The first kappa shape index (κ1) is 23.0. The zero-order chi connectivity index (χ0) is 25.0. The van der Waals surface area contributed by atoms with Gasteiger partial charge in [-0.1, -0.05) is 6.07 Å². The van der Waals surface area contributed by atoms with Crippen LogP contribution < -0.4 is 5.32 Å². The van der Waals surface area contributed by atoms with Crippen molar-refractivity contribution in [1.29, 1.82) is 0 Å². The quantitative estimate of drug-likeness (QED) is 0.445. The average Bonchev–Trinajstić information content (AvgIpc) is 3.32. The molecule has 1 aliphatic rings. The summed E-state index contributed by atoms with van der Waals surface area (Å²) in [5.74, 6) is 1.04. The summed E-state index contributed by atoms with van der Waals surface area (Å²) in [4.78, 5) is 35.3. The third-order valence-corrected chi connectivity index (χ3v) is 6.08. The number of imidazole rings is 1. The molecule has 0 saturated heterocycles. The number of hydrogen-bond acceptors (Lipinski definition) is 7. The van der Waals surface area contributed by atoms with E-state index in [4.69, 9.17) is 9.72 Å². The molecule has 9 nitrogen and oxygen atoms in total. The van der Waals surface area contributed by atoms with Gasteiger partial charge in [-0.3, -0.25) is 4.79 Å². The molecule has 10 heteroatoms. The first-order chi connectivity index (χ1) is 16.6. The van der Waals surface area contributed by atoms with E-state index in [0.29, 0.717) is 46.3 Å². The highest BCUT2D eigenvalue weighted by Crippen LogP contribution is 2.42. The Morgan fingerprint density at radius 2 is 1.89 bits per heavy atom. The van der Waals surface area contributed by atoms with Crippen molar-refractivity contribution in [2.75, 3.05) is 11.9 Å². The molecule has 0 saturated carbocycles. The second-order valence-corrected chi connectivity index (χ2v) is 9.35. The Labute approximate surface area is 201 Å². The number of hydrogen-bond donors (Lipinski definition) is 1. The number of alkyl halides is 1. The van der Waals surface area contributed by atoms with Crippen LogP contribution in [0.2, 0.25) is 0 Å². The van der Waals surface area contributed by atoms with Gasteiger partial charge in [-0.2, -0.15) is 0 Å². The molecule has 1 amide bonds. The number of halogens is 1. The summed E-state index contributed by atoms with van der Waals surface area (Å²) in [5.41, 5.74) is 1.79. The van der Waals surface area contributed by atoms with Crippen molar-refractivity contribution in [3.8, 4) is 22.6 Å². The van der Waals surface area contributed by atoms with Gasteiger partial charge >= 0.3 is 0 Å². The minimum atomic E-state index is -1.58. The molecular weight excluding hydrogens is 449 g/mol. The van der Waals surface area contributed by atoms with E-state index < -0.39 is 11.3 Å². The number of carbonyl (C=O) groups excluding carboxylic acids is 1. The Morgan fingerprint density at radius 3 is 2.57 bits per heavy atom. The third kappa shape index (κ3) is 3.93. The van der Waals surface area contributed by atoms with Gasteiger partial charge in [0.15, 0.2) is 11.2 Å². The monoisotopic (exact) mass is 475 g/mol. The highest BCUT2D eigenvalue weighted by Gasteiger charge is 2.45. The number of benzene rings is 1. The number of carbonyl (C=O) groups is 1. The standard InChI is InChI=1S/C25H26FN7O2/c1-6-33-21(16-10-27-14(2)28-11-16)32-20-19(29-13-30-22(20)33)15-7-8-18-17(9-15)25(5,23(34)31-18)35-12-24(3,4)26/h7-11,13H,6,12H2,1-5H3,(H,31,34). The molecule has 0 fully saturated rings. The van der Waals surface area contributed by atoms with Crippen LogP contribution in [0.5, 0.6) is 0 Å². The molecule has 4 heterocycles. The number of nitrogens with one attached hydrogen (secondary N) is 1. The van der Waals surface area contributed by atoms with Gasteiger partial charge in [0, 0.05) is 35.8 Å². The van der Waals surface area contributed by atoms with Crippen LogP contribution in [0.4, 0.5) is 10.1 Å². The SMILES string of the molecule is CCn1c(-c2cnc(C)nc2)nc2c(-c3ccc4c(c3)C(C)(OCC(C)(C)F)C(=O)N4)ncnc21. The second kappa shape index (κ2) is 8.16. The van der Waals surface area contributed by atoms with Gasteiger partial charge in [0.2, 0.25) is 0 Å². The van der Waals surface area contributed by atoms with Gasteiger partial charge in [0.25, 0.3) is 5.91 Å². The van der Waals surface area contributed by atoms with Gasteiger partial charge in [-0.15, -0.1) is 0 Å². The number of aromatic nitrogens is 6. The molecular formula is C25H26FN7O2. The van der Waals surface area contributed by atoms with Crippen LogP contribution in [-0.2, 0) is 21.7 Å². The number of amides is 1. The van der Waals surface area contributed by atoms with E-state index in [9.17, 15) is 9.18 Å². The third-order valence-electron chi connectivity index (χ3n) is 6.08. The summed E-state index contributed by atoms with van der Waals surface area (Å²) in [6.45, 7) is 8.75. The minimum absolute atomic E-state index is 0.221. The van der Waals surface area contributed by atoms with Crippen molar-refractivity contribution in [3.63, 3.8) is 0 Å². The van der Waals surface area contributed by atoms with Gasteiger partial charge < -0.3 is 14.6 Å². The molecule has 4 aromatic rings. The lowest BCUT2D eigenvalue weighted by molar-refractivity contribution is -0.143. The maximum atomic E-state index is 14.2. The molecule has 1 aliphatic heterocycles. The molecule has 1 unspecified atom stereocenters. The molecule has 3 aromatic heterocycles. The van der Waals surface area contributed by atoms with E-state index in [1.165, 1.54) is 20.2 Å². The summed E-state index contributed by atoms with van der Waals surface area (Å²) in [7, 11) is 0. The van der Waals surface area contributed by atoms with Gasteiger partial charge in [0.1, 0.15) is 34.9 Å². The van der Waals surface area contributed by atoms with Gasteiger partial charge in [-0.25, -0.2) is 29.3 Å². The lowest BCUT2D eigenvalue weighted by atomic mass is 9.94. The fraction of sp³-hybridized carbons (Fsp3) is 0.360. The first-order valence-corrected chi connectivity index (χ1v) is 11.4. The Balaban J connectivity index is 1.63. The second-order valence-electron chi connectivity index (χ2n) is 9.35. The Kier molecular flexibility index (Phi) is 5.36. The molecule has 1 aromatic carbocycles. The van der Waals surface area contributed by atoms with E-state index >= 15 is 0 Å². The average molecular weight is 476 g/mol. The lowest BCUT2D eigenvalue weighted by Crippen LogP contribution is -2.38. The van der Waals surface area contributed by atoms with E-state index in [2.05, 4.69) is 25.3 Å². The molecule has 5 rings (SSSR count). The normalized spacial score (nSPS) is 17.6. The maximum absolute atomic E-state index is 14.2. The molecule has 1 N–H and O–H groups in total. The maximum Gasteiger partial charge on any atom is 0.261 e. The van der Waals surface area contributed by atoms with Crippen LogP contribution in [0.3, 0.4) is 0 Å². The van der Waals surface area contributed by atoms with Crippen LogP contribution in [0.15, 0.2) is 36.9 Å². The van der Waals surface area contributed by atoms with Crippen molar-refractivity contribution < 1.29 is 13.9 Å². The summed E-state index contributed by atoms with van der Waals surface area (Å²) in [6.07, 6.45) is 4.98. The van der Waals surface area contributed by atoms with Gasteiger partial charge in [-0.05, 0) is 46.8 Å². The Hall–Kier alpha value is -3.79. The van der Waals surface area contributed by atoms with Crippen LogP contribution in [0.1, 0.15) is 39.1 Å². The number of fused-ring (bicyclic) bond motifs is 2. The molecule has 180 valence electrons. The first-order valence-electron chi connectivity index (χ1n) is 11.4. The Bertz CT molecular complexity index is 1440. The van der Waals surface area contributed by atoms with Crippen LogP contribution >= 0.6 is 0 Å². The molecule has 1 atom stereocenters. The van der Waals surface area contributed by atoms with Gasteiger partial charge in [0.05, 0.1) is 12.2 Å². The fourth-order valence-electron chi connectivity index (χ4n) is 4.19.